The van der Waals surface area contributed by atoms with E-state index in [-0.39, 0.29) is 11.6 Å². The molecule has 0 radical (unpaired) electrons. The first-order chi connectivity index (χ1) is 12.1. The summed E-state index contributed by atoms with van der Waals surface area (Å²) in [6.45, 7) is 0. The summed E-state index contributed by atoms with van der Waals surface area (Å²) in [4.78, 5) is 25.8. The van der Waals surface area contributed by atoms with E-state index in [1.54, 1.807) is 0 Å². The molecule has 3 aromatic rings. The van der Waals surface area contributed by atoms with E-state index in [1.165, 1.54) is 0 Å². The Bertz CT molecular complexity index is 1100. The number of halogens is 1. The van der Waals surface area contributed by atoms with Gasteiger partial charge in [-0.1, -0.05) is 52.3 Å². The van der Waals surface area contributed by atoms with Crippen LogP contribution in [0.4, 0.5) is 0 Å². The molecule has 0 saturated carbocycles. The number of fused-ring (bicyclic) bond motifs is 4. The molecule has 3 aromatic carbocycles. The van der Waals surface area contributed by atoms with Gasteiger partial charge in [-0.05, 0) is 53.3 Å². The summed E-state index contributed by atoms with van der Waals surface area (Å²) in [5.74, 6) is 0.0273. The number of hydrogen-bond donors (Lipinski definition) is 0. The fourth-order valence-corrected chi connectivity index (χ4v) is 4.28. The molecule has 0 N–H and O–H groups in total. The van der Waals surface area contributed by atoms with Crippen molar-refractivity contribution in [1.29, 1.82) is 0 Å². The van der Waals surface area contributed by atoms with Crippen molar-refractivity contribution in [3.05, 3.63) is 104 Å². The number of carbonyl (C=O) groups excluding carboxylic acids is 2. The summed E-state index contributed by atoms with van der Waals surface area (Å²) in [6, 6.07) is 17.4. The van der Waals surface area contributed by atoms with Crippen molar-refractivity contribution in [2.45, 2.75) is 12.8 Å². The summed E-state index contributed by atoms with van der Waals surface area (Å²) in [5.41, 5.74) is 6.96. The van der Waals surface area contributed by atoms with Gasteiger partial charge in [0.1, 0.15) is 0 Å². The summed E-state index contributed by atoms with van der Waals surface area (Å²) < 4.78 is 0.894. The Balaban J connectivity index is 1.68. The second-order valence-electron chi connectivity index (χ2n) is 6.64. The Morgan fingerprint density at radius 2 is 1.20 bits per heavy atom. The second kappa shape index (κ2) is 5.24. The van der Waals surface area contributed by atoms with Crippen molar-refractivity contribution < 1.29 is 9.59 Å². The molecular weight excluding hydrogens is 376 g/mol. The standard InChI is InChI=1S/C22H13BrO2/c23-16-6-5-13-8-15-9-14-7-12-3-1-2-4-17(12)21(24)19(14)11-20(15)22(25)18(13)10-16/h1-6,9-11H,7-8H2. The Labute approximate surface area is 153 Å². The van der Waals surface area contributed by atoms with Gasteiger partial charge in [-0.2, -0.15) is 0 Å². The number of benzene rings is 3. The van der Waals surface area contributed by atoms with Crippen LogP contribution in [0.5, 0.6) is 0 Å². The third-order valence-corrected chi connectivity index (χ3v) is 5.65. The highest BCUT2D eigenvalue weighted by Crippen LogP contribution is 2.34. The van der Waals surface area contributed by atoms with Crippen molar-refractivity contribution in [1.82, 2.24) is 0 Å². The van der Waals surface area contributed by atoms with E-state index < -0.39 is 0 Å². The van der Waals surface area contributed by atoms with E-state index in [2.05, 4.69) is 22.0 Å². The largest absolute Gasteiger partial charge is 0.289 e. The Morgan fingerprint density at radius 1 is 0.600 bits per heavy atom. The smallest absolute Gasteiger partial charge is 0.193 e. The maximum Gasteiger partial charge on any atom is 0.193 e. The highest BCUT2D eigenvalue weighted by Gasteiger charge is 2.29. The summed E-state index contributed by atoms with van der Waals surface area (Å²) in [5, 5.41) is 0. The SMILES string of the molecule is O=C1c2ccccc2Cc2cc3c(cc21)C(=O)c1cc(Br)ccc1C3. The fraction of sp³-hybridized carbons (Fsp3) is 0.0909. The molecule has 0 spiro atoms. The van der Waals surface area contributed by atoms with Gasteiger partial charge in [0, 0.05) is 26.7 Å². The zero-order valence-electron chi connectivity index (χ0n) is 13.3. The maximum atomic E-state index is 13.0. The van der Waals surface area contributed by atoms with E-state index in [4.69, 9.17) is 0 Å². The van der Waals surface area contributed by atoms with Crippen LogP contribution in [0.1, 0.15) is 54.1 Å². The molecule has 0 heterocycles. The lowest BCUT2D eigenvalue weighted by molar-refractivity contribution is 0.103. The first kappa shape index (κ1) is 14.8. The molecule has 2 aliphatic carbocycles. The first-order valence-corrected chi connectivity index (χ1v) is 9.02. The molecular formula is C22H13BrO2. The molecule has 5 rings (SSSR count). The molecule has 2 aliphatic rings. The lowest BCUT2D eigenvalue weighted by atomic mass is 9.78. The molecule has 0 bridgehead atoms. The van der Waals surface area contributed by atoms with E-state index >= 15 is 0 Å². The molecule has 3 heteroatoms. The normalized spacial score (nSPS) is 14.4. The molecule has 2 nitrogen and oxygen atoms in total. The van der Waals surface area contributed by atoms with Crippen molar-refractivity contribution >= 4 is 27.5 Å². The van der Waals surface area contributed by atoms with Crippen molar-refractivity contribution in [3.63, 3.8) is 0 Å². The van der Waals surface area contributed by atoms with Crippen LogP contribution in [0.25, 0.3) is 0 Å². The first-order valence-electron chi connectivity index (χ1n) is 8.23. The monoisotopic (exact) mass is 388 g/mol. The van der Waals surface area contributed by atoms with E-state index in [1.807, 2.05) is 48.5 Å². The van der Waals surface area contributed by atoms with Crippen LogP contribution in [0.2, 0.25) is 0 Å². The minimum Gasteiger partial charge on any atom is -0.289 e. The highest BCUT2D eigenvalue weighted by molar-refractivity contribution is 9.10. The van der Waals surface area contributed by atoms with Crippen molar-refractivity contribution in [2.75, 3.05) is 0 Å². The van der Waals surface area contributed by atoms with Gasteiger partial charge < -0.3 is 0 Å². The minimum atomic E-state index is 0.00649. The third-order valence-electron chi connectivity index (χ3n) is 5.16. The molecule has 120 valence electrons. The summed E-state index contributed by atoms with van der Waals surface area (Å²) in [7, 11) is 0. The van der Waals surface area contributed by atoms with E-state index in [0.29, 0.717) is 11.1 Å². The fourth-order valence-electron chi connectivity index (χ4n) is 3.92. The molecule has 0 aliphatic heterocycles. The Hall–Kier alpha value is -2.52. The van der Waals surface area contributed by atoms with Gasteiger partial charge in [0.2, 0.25) is 0 Å². The second-order valence-corrected chi connectivity index (χ2v) is 7.55. The third kappa shape index (κ3) is 2.16. The zero-order chi connectivity index (χ0) is 17.1. The molecule has 0 aromatic heterocycles. The highest BCUT2D eigenvalue weighted by atomic mass is 79.9. The number of rotatable bonds is 0. The van der Waals surface area contributed by atoms with E-state index in [0.717, 1.165) is 50.7 Å². The van der Waals surface area contributed by atoms with Crippen LogP contribution in [0.15, 0.2) is 59.1 Å². The molecule has 0 amide bonds. The van der Waals surface area contributed by atoms with Crippen LogP contribution in [0, 0.1) is 0 Å². The molecule has 0 atom stereocenters. The molecule has 0 unspecified atom stereocenters. The summed E-state index contributed by atoms with van der Waals surface area (Å²) in [6.07, 6.45) is 1.47. The van der Waals surface area contributed by atoms with Crippen LogP contribution in [-0.4, -0.2) is 11.6 Å². The number of ketones is 2. The molecule has 0 saturated heterocycles. The lowest BCUT2D eigenvalue weighted by Gasteiger charge is -2.24. The van der Waals surface area contributed by atoms with Gasteiger partial charge >= 0.3 is 0 Å². The predicted octanol–water partition coefficient (Wildman–Crippen LogP) is 4.72. The minimum absolute atomic E-state index is 0.00649. The average Bonchev–Trinajstić information content (AvgIpc) is 2.62. The lowest BCUT2D eigenvalue weighted by Crippen LogP contribution is -2.20. The quantitative estimate of drug-likeness (QED) is 0.384. The Morgan fingerprint density at radius 3 is 1.96 bits per heavy atom. The van der Waals surface area contributed by atoms with Gasteiger partial charge in [-0.25, -0.2) is 0 Å². The van der Waals surface area contributed by atoms with Crippen LogP contribution < -0.4 is 0 Å². The average molecular weight is 389 g/mol. The number of hydrogen-bond acceptors (Lipinski definition) is 2. The topological polar surface area (TPSA) is 34.1 Å². The van der Waals surface area contributed by atoms with Crippen molar-refractivity contribution in [2.24, 2.45) is 0 Å². The van der Waals surface area contributed by atoms with E-state index in [9.17, 15) is 9.59 Å². The Kier molecular flexibility index (Phi) is 3.10. The summed E-state index contributed by atoms with van der Waals surface area (Å²) >= 11 is 3.44. The molecule has 25 heavy (non-hydrogen) atoms. The number of carbonyl (C=O) groups is 2. The van der Waals surface area contributed by atoms with Crippen LogP contribution in [0.3, 0.4) is 0 Å². The zero-order valence-corrected chi connectivity index (χ0v) is 14.9. The van der Waals surface area contributed by atoms with Gasteiger partial charge in [0.15, 0.2) is 11.6 Å². The van der Waals surface area contributed by atoms with Gasteiger partial charge in [-0.15, -0.1) is 0 Å². The van der Waals surface area contributed by atoms with Gasteiger partial charge in [0.25, 0.3) is 0 Å². The van der Waals surface area contributed by atoms with Crippen LogP contribution in [-0.2, 0) is 12.8 Å². The maximum absolute atomic E-state index is 13.0. The van der Waals surface area contributed by atoms with Gasteiger partial charge in [0.05, 0.1) is 0 Å². The van der Waals surface area contributed by atoms with Gasteiger partial charge in [-0.3, -0.25) is 9.59 Å². The predicted molar refractivity (Wildman–Crippen MR) is 99.5 cm³/mol. The van der Waals surface area contributed by atoms with Crippen LogP contribution >= 0.6 is 15.9 Å². The molecule has 0 fully saturated rings. The van der Waals surface area contributed by atoms with Crippen molar-refractivity contribution in [3.8, 4) is 0 Å².